The lowest BCUT2D eigenvalue weighted by molar-refractivity contribution is -0.124. The van der Waals surface area contributed by atoms with Crippen molar-refractivity contribution in [2.24, 2.45) is 0 Å². The predicted molar refractivity (Wildman–Crippen MR) is 95.6 cm³/mol. The third-order valence-electron chi connectivity index (χ3n) is 3.84. The lowest BCUT2D eigenvalue weighted by Gasteiger charge is -2.33. The number of carbonyl (C=O) groups is 2. The van der Waals surface area contributed by atoms with Gasteiger partial charge < -0.3 is 19.7 Å². The van der Waals surface area contributed by atoms with Gasteiger partial charge in [-0.05, 0) is 51.8 Å². The Kier molecular flexibility index (Phi) is 6.45. The third kappa shape index (κ3) is 6.28. The van der Waals surface area contributed by atoms with Gasteiger partial charge in [0.1, 0.15) is 11.4 Å². The molecule has 1 aliphatic rings. The minimum atomic E-state index is -0.512. The highest BCUT2D eigenvalue weighted by atomic mass is 16.6. The SMILES string of the molecule is CC(C)(C)OC(=O)N1CCC(NC(=O)COc2cccc(C#N)c2)CC1. The Labute approximate surface area is 153 Å². The van der Waals surface area contributed by atoms with Gasteiger partial charge in [0.2, 0.25) is 0 Å². The molecule has 0 saturated carbocycles. The van der Waals surface area contributed by atoms with Crippen LogP contribution in [-0.4, -0.2) is 48.2 Å². The fraction of sp³-hybridized carbons (Fsp3) is 0.526. The van der Waals surface area contributed by atoms with E-state index < -0.39 is 5.60 Å². The number of nitriles is 1. The molecule has 0 bridgehead atoms. The second-order valence-electron chi connectivity index (χ2n) is 7.24. The molecule has 0 aromatic heterocycles. The van der Waals surface area contributed by atoms with Crippen LogP contribution in [-0.2, 0) is 9.53 Å². The zero-order valence-corrected chi connectivity index (χ0v) is 15.4. The molecular weight excluding hydrogens is 334 g/mol. The quantitative estimate of drug-likeness (QED) is 0.891. The molecule has 2 rings (SSSR count). The number of likely N-dealkylation sites (tertiary alicyclic amines) is 1. The van der Waals surface area contributed by atoms with Crippen LogP contribution in [0.1, 0.15) is 39.2 Å². The molecule has 1 saturated heterocycles. The van der Waals surface area contributed by atoms with Crippen LogP contribution in [0.15, 0.2) is 24.3 Å². The van der Waals surface area contributed by atoms with Crippen LogP contribution in [0.4, 0.5) is 4.79 Å². The molecule has 1 heterocycles. The molecule has 1 aromatic rings. The molecule has 0 atom stereocenters. The van der Waals surface area contributed by atoms with Gasteiger partial charge in [-0.25, -0.2) is 4.79 Å². The fourth-order valence-corrected chi connectivity index (χ4v) is 2.61. The molecule has 1 fully saturated rings. The van der Waals surface area contributed by atoms with Crippen LogP contribution in [0.5, 0.6) is 5.75 Å². The number of rotatable bonds is 4. The van der Waals surface area contributed by atoms with Crippen LogP contribution >= 0.6 is 0 Å². The van der Waals surface area contributed by atoms with Gasteiger partial charge in [0.25, 0.3) is 5.91 Å². The molecule has 0 spiro atoms. The Hall–Kier alpha value is -2.75. The van der Waals surface area contributed by atoms with E-state index in [1.54, 1.807) is 29.2 Å². The molecule has 0 unspecified atom stereocenters. The average Bonchev–Trinajstić information content (AvgIpc) is 2.59. The average molecular weight is 359 g/mol. The highest BCUT2D eigenvalue weighted by Crippen LogP contribution is 2.16. The summed E-state index contributed by atoms with van der Waals surface area (Å²) >= 11 is 0. The van der Waals surface area contributed by atoms with E-state index in [2.05, 4.69) is 5.32 Å². The lowest BCUT2D eigenvalue weighted by atomic mass is 10.1. The number of piperidine rings is 1. The Morgan fingerprint density at radius 1 is 1.31 bits per heavy atom. The minimum Gasteiger partial charge on any atom is -0.484 e. The second-order valence-corrected chi connectivity index (χ2v) is 7.24. The van der Waals surface area contributed by atoms with E-state index >= 15 is 0 Å². The van der Waals surface area contributed by atoms with Crippen molar-refractivity contribution >= 4 is 12.0 Å². The molecule has 140 valence electrons. The summed E-state index contributed by atoms with van der Waals surface area (Å²) in [5.41, 5.74) is -0.0278. The summed E-state index contributed by atoms with van der Waals surface area (Å²) < 4.78 is 10.8. The number of hydrogen-bond donors (Lipinski definition) is 1. The predicted octanol–water partition coefficient (Wildman–Crippen LogP) is 2.45. The molecule has 7 nitrogen and oxygen atoms in total. The van der Waals surface area contributed by atoms with Crippen LogP contribution in [0, 0.1) is 11.3 Å². The van der Waals surface area contributed by atoms with E-state index in [9.17, 15) is 9.59 Å². The maximum absolute atomic E-state index is 12.0. The van der Waals surface area contributed by atoms with Crippen molar-refractivity contribution in [3.05, 3.63) is 29.8 Å². The van der Waals surface area contributed by atoms with Gasteiger partial charge in [0.15, 0.2) is 6.61 Å². The maximum atomic E-state index is 12.0. The van der Waals surface area contributed by atoms with Gasteiger partial charge >= 0.3 is 6.09 Å². The zero-order valence-electron chi connectivity index (χ0n) is 15.4. The summed E-state index contributed by atoms with van der Waals surface area (Å²) in [5.74, 6) is 0.266. The van der Waals surface area contributed by atoms with E-state index in [0.29, 0.717) is 37.2 Å². The van der Waals surface area contributed by atoms with Crippen molar-refractivity contribution in [3.63, 3.8) is 0 Å². The summed E-state index contributed by atoms with van der Waals surface area (Å²) in [5, 5.41) is 11.8. The van der Waals surface area contributed by atoms with Gasteiger partial charge in [0, 0.05) is 19.1 Å². The van der Waals surface area contributed by atoms with Crippen molar-refractivity contribution in [2.75, 3.05) is 19.7 Å². The Balaban J connectivity index is 1.72. The summed E-state index contributed by atoms with van der Waals surface area (Å²) in [7, 11) is 0. The van der Waals surface area contributed by atoms with Gasteiger partial charge in [0.05, 0.1) is 11.6 Å². The van der Waals surface area contributed by atoms with Crippen LogP contribution in [0.25, 0.3) is 0 Å². The van der Waals surface area contributed by atoms with E-state index in [0.717, 1.165) is 0 Å². The van der Waals surface area contributed by atoms with Crippen molar-refractivity contribution in [1.29, 1.82) is 5.26 Å². The first kappa shape index (κ1) is 19.6. The second kappa shape index (κ2) is 8.56. The summed E-state index contributed by atoms with van der Waals surface area (Å²) in [6, 6.07) is 8.70. The van der Waals surface area contributed by atoms with Gasteiger partial charge in [-0.3, -0.25) is 4.79 Å². The maximum Gasteiger partial charge on any atom is 0.410 e. The number of nitrogens with zero attached hydrogens (tertiary/aromatic N) is 2. The highest BCUT2D eigenvalue weighted by Gasteiger charge is 2.27. The van der Waals surface area contributed by atoms with E-state index in [-0.39, 0.29) is 24.6 Å². The molecule has 1 N–H and O–H groups in total. The molecule has 2 amide bonds. The van der Waals surface area contributed by atoms with Crippen molar-refractivity contribution in [1.82, 2.24) is 10.2 Å². The monoisotopic (exact) mass is 359 g/mol. The van der Waals surface area contributed by atoms with Crippen LogP contribution in [0.2, 0.25) is 0 Å². The number of benzene rings is 1. The topological polar surface area (TPSA) is 91.7 Å². The smallest absolute Gasteiger partial charge is 0.410 e. The molecule has 26 heavy (non-hydrogen) atoms. The van der Waals surface area contributed by atoms with Crippen molar-refractivity contribution in [2.45, 2.75) is 45.3 Å². The van der Waals surface area contributed by atoms with Crippen molar-refractivity contribution < 1.29 is 19.1 Å². The number of hydrogen-bond acceptors (Lipinski definition) is 5. The van der Waals surface area contributed by atoms with Crippen molar-refractivity contribution in [3.8, 4) is 11.8 Å². The first-order valence-corrected chi connectivity index (χ1v) is 8.67. The van der Waals surface area contributed by atoms with Gasteiger partial charge in [-0.2, -0.15) is 5.26 Å². The van der Waals surface area contributed by atoms with Crippen LogP contribution in [0.3, 0.4) is 0 Å². The molecule has 1 aliphatic heterocycles. The number of carbonyl (C=O) groups excluding carboxylic acids is 2. The fourth-order valence-electron chi connectivity index (χ4n) is 2.61. The first-order valence-electron chi connectivity index (χ1n) is 8.67. The molecular formula is C19H25N3O4. The van der Waals surface area contributed by atoms with E-state index in [1.807, 2.05) is 26.8 Å². The van der Waals surface area contributed by atoms with Crippen LogP contribution < -0.4 is 10.1 Å². The molecule has 7 heteroatoms. The Morgan fingerprint density at radius 2 is 2.00 bits per heavy atom. The van der Waals surface area contributed by atoms with E-state index in [4.69, 9.17) is 14.7 Å². The lowest BCUT2D eigenvalue weighted by Crippen LogP contribution is -2.48. The molecule has 0 radical (unpaired) electrons. The summed E-state index contributed by atoms with van der Waals surface area (Å²) in [6.07, 6.45) is 1.03. The summed E-state index contributed by atoms with van der Waals surface area (Å²) in [6.45, 7) is 6.50. The van der Waals surface area contributed by atoms with Gasteiger partial charge in [-0.15, -0.1) is 0 Å². The normalized spacial score (nSPS) is 15.1. The Bertz CT molecular complexity index is 683. The largest absolute Gasteiger partial charge is 0.484 e. The standard InChI is InChI=1S/C19H25N3O4/c1-19(2,3)26-18(24)22-9-7-15(8-10-22)21-17(23)13-25-16-6-4-5-14(11-16)12-20/h4-6,11,15H,7-10,13H2,1-3H3,(H,21,23). The minimum absolute atomic E-state index is 0.00947. The van der Waals surface area contributed by atoms with E-state index in [1.165, 1.54) is 0 Å². The summed E-state index contributed by atoms with van der Waals surface area (Å²) in [4.78, 5) is 25.7. The number of nitrogens with one attached hydrogen (secondary N) is 1. The zero-order chi connectivity index (χ0) is 19.2. The number of amides is 2. The molecule has 0 aliphatic carbocycles. The van der Waals surface area contributed by atoms with Gasteiger partial charge in [-0.1, -0.05) is 6.07 Å². The first-order chi connectivity index (χ1) is 12.3. The number of ether oxygens (including phenoxy) is 2. The molecule has 1 aromatic carbocycles. The third-order valence-corrected chi connectivity index (χ3v) is 3.84. The highest BCUT2D eigenvalue weighted by molar-refractivity contribution is 5.78. The Morgan fingerprint density at radius 3 is 2.62 bits per heavy atom.